The fraction of sp³-hybridized carbons (Fsp3) is 0.571. The second-order valence-corrected chi connectivity index (χ2v) is 5.12. The number of halogens is 1. The van der Waals surface area contributed by atoms with Crippen LogP contribution in [0.1, 0.15) is 5.56 Å². The number of carbonyl (C=O) groups is 1. The van der Waals surface area contributed by atoms with E-state index in [9.17, 15) is 4.79 Å². The first kappa shape index (κ1) is 17.7. The highest BCUT2D eigenvalue weighted by Gasteiger charge is 2.14. The van der Waals surface area contributed by atoms with Gasteiger partial charge < -0.3 is 20.4 Å². The summed E-state index contributed by atoms with van der Waals surface area (Å²) in [6, 6.07) is 4.06. The van der Waals surface area contributed by atoms with Crippen LogP contribution in [0.4, 0.5) is 5.82 Å². The lowest BCUT2D eigenvalue weighted by Crippen LogP contribution is -2.44. The molecule has 1 aromatic heterocycles. The molecule has 1 aromatic rings. The van der Waals surface area contributed by atoms with Crippen LogP contribution in [0.3, 0.4) is 0 Å². The predicted octanol–water partition coefficient (Wildman–Crippen LogP) is 0.0908. The van der Waals surface area contributed by atoms with Crippen LogP contribution < -0.4 is 15.5 Å². The number of carbonyl (C=O) groups excluding carboxylic acids is 1. The van der Waals surface area contributed by atoms with E-state index in [4.69, 9.17) is 0 Å². The summed E-state index contributed by atoms with van der Waals surface area (Å²) >= 11 is 0. The van der Waals surface area contributed by atoms with E-state index in [-0.39, 0.29) is 18.3 Å². The van der Waals surface area contributed by atoms with Gasteiger partial charge in [0.1, 0.15) is 5.82 Å². The first-order valence-corrected chi connectivity index (χ1v) is 6.99. The molecule has 2 rings (SSSR count). The molecule has 1 fully saturated rings. The standard InChI is InChI=1S/C14H23N5O.ClH/c1-15-11-14(20)17-10-12-3-4-13(16-9-12)19-7-5-18(2)6-8-19;/h3-4,9,15H,5-8,10-11H2,1-2H3,(H,17,20);1H. The maximum atomic E-state index is 11.4. The lowest BCUT2D eigenvalue weighted by molar-refractivity contribution is -0.120. The van der Waals surface area contributed by atoms with Crippen molar-refractivity contribution in [2.45, 2.75) is 6.54 Å². The van der Waals surface area contributed by atoms with E-state index in [1.807, 2.05) is 18.3 Å². The number of anilines is 1. The first-order valence-electron chi connectivity index (χ1n) is 6.99. The molecule has 1 aliphatic heterocycles. The smallest absolute Gasteiger partial charge is 0.234 e. The van der Waals surface area contributed by atoms with Gasteiger partial charge in [-0.2, -0.15) is 0 Å². The lowest BCUT2D eigenvalue weighted by Gasteiger charge is -2.33. The van der Waals surface area contributed by atoms with Crippen molar-refractivity contribution < 1.29 is 4.79 Å². The summed E-state index contributed by atoms with van der Waals surface area (Å²) in [6.45, 7) is 5.04. The molecule has 0 saturated carbocycles. The van der Waals surface area contributed by atoms with Gasteiger partial charge in [-0.1, -0.05) is 6.07 Å². The molecule has 118 valence electrons. The molecule has 0 unspecified atom stereocenters. The van der Waals surface area contributed by atoms with E-state index < -0.39 is 0 Å². The van der Waals surface area contributed by atoms with Gasteiger partial charge >= 0.3 is 0 Å². The zero-order chi connectivity index (χ0) is 14.4. The fourth-order valence-electron chi connectivity index (χ4n) is 2.17. The van der Waals surface area contributed by atoms with Crippen molar-refractivity contribution >= 4 is 24.1 Å². The van der Waals surface area contributed by atoms with Crippen LogP contribution in [-0.2, 0) is 11.3 Å². The normalized spacial score (nSPS) is 15.4. The average molecular weight is 314 g/mol. The summed E-state index contributed by atoms with van der Waals surface area (Å²) in [7, 11) is 3.90. The quantitative estimate of drug-likeness (QED) is 0.807. The van der Waals surface area contributed by atoms with Crippen LogP contribution in [-0.4, -0.2) is 62.6 Å². The van der Waals surface area contributed by atoms with Gasteiger partial charge in [0.15, 0.2) is 0 Å². The van der Waals surface area contributed by atoms with E-state index in [1.165, 1.54) is 0 Å². The number of hydrogen-bond donors (Lipinski definition) is 2. The number of aromatic nitrogens is 1. The number of amides is 1. The van der Waals surface area contributed by atoms with Crippen LogP contribution in [0.15, 0.2) is 18.3 Å². The van der Waals surface area contributed by atoms with Crippen LogP contribution in [0.25, 0.3) is 0 Å². The molecule has 0 radical (unpaired) electrons. The third kappa shape index (κ3) is 5.49. The van der Waals surface area contributed by atoms with E-state index in [0.717, 1.165) is 37.6 Å². The van der Waals surface area contributed by atoms with Gasteiger partial charge in [0.25, 0.3) is 0 Å². The number of pyridine rings is 1. The Kier molecular flexibility index (Phi) is 7.42. The monoisotopic (exact) mass is 313 g/mol. The molecule has 6 nitrogen and oxygen atoms in total. The first-order chi connectivity index (χ1) is 9.69. The molecule has 0 atom stereocenters. The van der Waals surface area contributed by atoms with Crippen molar-refractivity contribution in [1.82, 2.24) is 20.5 Å². The van der Waals surface area contributed by atoms with Gasteiger partial charge in [-0.25, -0.2) is 4.98 Å². The Hall–Kier alpha value is -1.37. The number of hydrogen-bond acceptors (Lipinski definition) is 5. The number of rotatable bonds is 5. The summed E-state index contributed by atoms with van der Waals surface area (Å²) in [4.78, 5) is 20.5. The molecule has 0 aromatic carbocycles. The molecular formula is C14H24ClN5O. The lowest BCUT2D eigenvalue weighted by atomic mass is 10.2. The number of nitrogens with zero attached hydrogens (tertiary/aromatic N) is 3. The molecule has 1 amide bonds. The minimum atomic E-state index is -0.00403. The minimum absolute atomic E-state index is 0. The Morgan fingerprint density at radius 2 is 2.00 bits per heavy atom. The summed E-state index contributed by atoms with van der Waals surface area (Å²) in [5, 5.41) is 5.66. The SMILES string of the molecule is CNCC(=O)NCc1ccc(N2CCN(C)CC2)nc1.Cl. The van der Waals surface area contributed by atoms with Crippen molar-refractivity contribution in [2.75, 3.05) is 51.7 Å². The largest absolute Gasteiger partial charge is 0.354 e. The Morgan fingerprint density at radius 1 is 1.29 bits per heavy atom. The number of nitrogens with one attached hydrogen (secondary N) is 2. The van der Waals surface area contributed by atoms with Crippen molar-refractivity contribution in [1.29, 1.82) is 0 Å². The second-order valence-electron chi connectivity index (χ2n) is 5.12. The molecule has 1 saturated heterocycles. The summed E-state index contributed by atoms with van der Waals surface area (Å²) in [6.07, 6.45) is 1.84. The van der Waals surface area contributed by atoms with Gasteiger partial charge in [0.05, 0.1) is 6.54 Å². The molecule has 21 heavy (non-hydrogen) atoms. The molecule has 0 spiro atoms. The van der Waals surface area contributed by atoms with Gasteiger partial charge in [-0.3, -0.25) is 4.79 Å². The topological polar surface area (TPSA) is 60.5 Å². The zero-order valence-electron chi connectivity index (χ0n) is 12.6. The van der Waals surface area contributed by atoms with Gasteiger partial charge in [0, 0.05) is 38.9 Å². The van der Waals surface area contributed by atoms with E-state index in [1.54, 1.807) is 7.05 Å². The highest BCUT2D eigenvalue weighted by atomic mass is 35.5. The van der Waals surface area contributed by atoms with Gasteiger partial charge in [-0.15, -0.1) is 12.4 Å². The molecular weight excluding hydrogens is 290 g/mol. The van der Waals surface area contributed by atoms with Crippen molar-refractivity contribution in [3.8, 4) is 0 Å². The Labute approximate surface area is 132 Å². The van der Waals surface area contributed by atoms with Crippen LogP contribution in [0.2, 0.25) is 0 Å². The Bertz CT molecular complexity index is 431. The Balaban J connectivity index is 0.00000220. The van der Waals surface area contributed by atoms with Crippen LogP contribution in [0, 0.1) is 0 Å². The average Bonchev–Trinajstić information content (AvgIpc) is 2.47. The number of piperazine rings is 1. The highest BCUT2D eigenvalue weighted by Crippen LogP contribution is 2.13. The van der Waals surface area contributed by atoms with E-state index >= 15 is 0 Å². The minimum Gasteiger partial charge on any atom is -0.354 e. The molecule has 2 heterocycles. The van der Waals surface area contributed by atoms with Crippen LogP contribution >= 0.6 is 12.4 Å². The van der Waals surface area contributed by atoms with Gasteiger partial charge in [-0.05, 0) is 25.7 Å². The van der Waals surface area contributed by atoms with E-state index in [0.29, 0.717) is 13.1 Å². The van der Waals surface area contributed by atoms with Crippen molar-refractivity contribution in [2.24, 2.45) is 0 Å². The van der Waals surface area contributed by atoms with Crippen LogP contribution in [0.5, 0.6) is 0 Å². The number of likely N-dealkylation sites (N-methyl/N-ethyl adjacent to an activating group) is 2. The third-order valence-corrected chi connectivity index (χ3v) is 3.46. The van der Waals surface area contributed by atoms with E-state index in [2.05, 4.69) is 32.5 Å². The third-order valence-electron chi connectivity index (χ3n) is 3.46. The van der Waals surface area contributed by atoms with Crippen molar-refractivity contribution in [3.63, 3.8) is 0 Å². The second kappa shape index (κ2) is 8.81. The molecule has 2 N–H and O–H groups in total. The van der Waals surface area contributed by atoms with Gasteiger partial charge in [0.2, 0.25) is 5.91 Å². The highest BCUT2D eigenvalue weighted by molar-refractivity contribution is 5.85. The molecule has 7 heteroatoms. The van der Waals surface area contributed by atoms with Crippen molar-refractivity contribution in [3.05, 3.63) is 23.9 Å². The maximum Gasteiger partial charge on any atom is 0.234 e. The Morgan fingerprint density at radius 3 is 2.57 bits per heavy atom. The maximum absolute atomic E-state index is 11.4. The predicted molar refractivity (Wildman–Crippen MR) is 87.0 cm³/mol. The zero-order valence-corrected chi connectivity index (χ0v) is 13.4. The molecule has 0 bridgehead atoms. The summed E-state index contributed by atoms with van der Waals surface area (Å²) < 4.78 is 0. The summed E-state index contributed by atoms with van der Waals surface area (Å²) in [5.74, 6) is 1.01. The molecule has 0 aliphatic carbocycles. The summed E-state index contributed by atoms with van der Waals surface area (Å²) in [5.41, 5.74) is 1.02. The molecule has 1 aliphatic rings. The fourth-order valence-corrected chi connectivity index (χ4v) is 2.17.